The minimum Gasteiger partial charge on any atom is -0.493 e. The van der Waals surface area contributed by atoms with Gasteiger partial charge in [0.1, 0.15) is 11.6 Å². The Hall–Kier alpha value is -2.52. The Bertz CT molecular complexity index is 968. The summed E-state index contributed by atoms with van der Waals surface area (Å²) in [6, 6.07) is 11.4. The third-order valence-corrected chi connectivity index (χ3v) is 6.35. The molecular weight excluding hydrogens is 487 g/mol. The molecule has 0 aromatic heterocycles. The molecule has 0 bridgehead atoms. The number of ether oxygens (including phenoxy) is 3. The van der Waals surface area contributed by atoms with Crippen LogP contribution in [-0.2, 0) is 20.9 Å². The number of hydrogen-bond acceptors (Lipinski definition) is 6. The molecule has 0 saturated carbocycles. The van der Waals surface area contributed by atoms with E-state index in [0.29, 0.717) is 31.4 Å². The molecule has 0 aliphatic rings. The molecule has 0 heterocycles. The van der Waals surface area contributed by atoms with Gasteiger partial charge in [0.25, 0.3) is 0 Å². The molecule has 212 valence electrons. The summed E-state index contributed by atoms with van der Waals surface area (Å²) in [6.07, 6.45) is 0.144. The average Bonchev–Trinajstić information content (AvgIpc) is 2.88. The lowest BCUT2D eigenvalue weighted by atomic mass is 9.87. The zero-order valence-corrected chi connectivity index (χ0v) is 23.4. The Labute approximate surface area is 226 Å². The first kappa shape index (κ1) is 31.7. The fraction of sp³-hybridized carbons (Fsp3) is 0.567. The number of hydrogen-bond donors (Lipinski definition) is 3. The summed E-state index contributed by atoms with van der Waals surface area (Å²) in [5.41, 5.74) is 8.80. The summed E-state index contributed by atoms with van der Waals surface area (Å²) in [6.45, 7) is 10.1. The van der Waals surface area contributed by atoms with Crippen LogP contribution in [0.25, 0.3) is 11.1 Å². The molecule has 0 radical (unpaired) electrons. The van der Waals surface area contributed by atoms with Gasteiger partial charge in [-0.05, 0) is 47.6 Å². The Morgan fingerprint density at radius 3 is 2.42 bits per heavy atom. The van der Waals surface area contributed by atoms with Crippen LogP contribution in [-0.4, -0.2) is 56.6 Å². The number of aliphatic hydroxyl groups excluding tert-OH is 1. The van der Waals surface area contributed by atoms with Gasteiger partial charge in [0.2, 0.25) is 5.91 Å². The average molecular weight is 533 g/mol. The molecule has 38 heavy (non-hydrogen) atoms. The topological polar surface area (TPSA) is 103 Å². The quantitative estimate of drug-likeness (QED) is 0.258. The number of carbonyl (C=O) groups is 1. The van der Waals surface area contributed by atoms with Crippen molar-refractivity contribution in [2.75, 3.05) is 33.5 Å². The predicted octanol–water partition coefficient (Wildman–Crippen LogP) is 4.55. The number of amides is 1. The third-order valence-electron chi connectivity index (χ3n) is 6.35. The number of rotatable bonds is 17. The van der Waals surface area contributed by atoms with Crippen LogP contribution in [0.15, 0.2) is 42.5 Å². The number of carbonyl (C=O) groups excluding carboxylic acids is 1. The lowest BCUT2D eigenvalue weighted by Gasteiger charge is -2.26. The van der Waals surface area contributed by atoms with Crippen LogP contribution < -0.4 is 15.8 Å². The molecule has 0 aliphatic carbocycles. The Morgan fingerprint density at radius 2 is 1.79 bits per heavy atom. The highest BCUT2D eigenvalue weighted by Crippen LogP contribution is 2.32. The first-order valence-corrected chi connectivity index (χ1v) is 13.4. The standard InChI is InChI=1S/C30H45FN2O5/c1-20(2)17-33-30(35)26(21(3)4)16-28(34)27(32)19-37-18-22-7-12-25(23-8-10-24(31)11-9-23)29(15-22)38-14-6-13-36-5/h7-12,15,20-21,26-28,34H,6,13-14,16-19,32H2,1-5H3,(H,33,35)/t26-,27-,28-/m0/s1. The maximum absolute atomic E-state index is 13.4. The van der Waals surface area contributed by atoms with Crippen LogP contribution in [0.4, 0.5) is 4.39 Å². The van der Waals surface area contributed by atoms with E-state index in [0.717, 1.165) is 23.1 Å². The van der Waals surface area contributed by atoms with Gasteiger partial charge in [-0.1, -0.05) is 52.0 Å². The summed E-state index contributed by atoms with van der Waals surface area (Å²) in [7, 11) is 1.65. The minimum atomic E-state index is -0.868. The second-order valence-electron chi connectivity index (χ2n) is 10.5. The first-order chi connectivity index (χ1) is 18.1. The smallest absolute Gasteiger partial charge is 0.223 e. The van der Waals surface area contributed by atoms with E-state index in [2.05, 4.69) is 5.32 Å². The van der Waals surface area contributed by atoms with Crippen molar-refractivity contribution in [3.63, 3.8) is 0 Å². The second kappa shape index (κ2) is 16.4. The van der Waals surface area contributed by atoms with Gasteiger partial charge in [-0.15, -0.1) is 0 Å². The molecule has 0 spiro atoms. The van der Waals surface area contributed by atoms with Crippen molar-refractivity contribution in [3.8, 4) is 16.9 Å². The summed E-state index contributed by atoms with van der Waals surface area (Å²) in [4.78, 5) is 12.6. The van der Waals surface area contributed by atoms with Crippen molar-refractivity contribution in [2.24, 2.45) is 23.5 Å². The Balaban J connectivity index is 1.98. The van der Waals surface area contributed by atoms with Crippen molar-refractivity contribution < 1.29 is 28.5 Å². The number of aliphatic hydroxyl groups is 1. The highest BCUT2D eigenvalue weighted by atomic mass is 19.1. The third kappa shape index (κ3) is 10.7. The van der Waals surface area contributed by atoms with Crippen LogP contribution in [0.5, 0.6) is 5.75 Å². The maximum atomic E-state index is 13.4. The molecule has 1 amide bonds. The molecule has 7 nitrogen and oxygen atoms in total. The van der Waals surface area contributed by atoms with Crippen LogP contribution in [0.3, 0.4) is 0 Å². The zero-order valence-electron chi connectivity index (χ0n) is 23.4. The van der Waals surface area contributed by atoms with Crippen LogP contribution >= 0.6 is 0 Å². The molecule has 0 fully saturated rings. The van der Waals surface area contributed by atoms with Crippen molar-refractivity contribution in [1.82, 2.24) is 5.32 Å². The van der Waals surface area contributed by atoms with Crippen molar-refractivity contribution >= 4 is 5.91 Å². The minimum absolute atomic E-state index is 0.0554. The molecule has 2 aromatic rings. The van der Waals surface area contributed by atoms with E-state index < -0.39 is 12.1 Å². The van der Waals surface area contributed by atoms with E-state index in [1.165, 1.54) is 12.1 Å². The molecule has 8 heteroatoms. The SMILES string of the molecule is COCCCOc1cc(COC[C@H](N)[C@@H](O)C[C@H](C(=O)NCC(C)C)C(C)C)ccc1-c1ccc(F)cc1. The number of methoxy groups -OCH3 is 1. The van der Waals surface area contributed by atoms with E-state index in [1.54, 1.807) is 19.2 Å². The first-order valence-electron chi connectivity index (χ1n) is 13.4. The van der Waals surface area contributed by atoms with Crippen LogP contribution in [0, 0.1) is 23.6 Å². The lowest BCUT2D eigenvalue weighted by molar-refractivity contribution is -0.127. The molecule has 2 aromatic carbocycles. The summed E-state index contributed by atoms with van der Waals surface area (Å²) in [5.74, 6) is 0.424. The fourth-order valence-electron chi connectivity index (χ4n) is 4.01. The van der Waals surface area contributed by atoms with Crippen molar-refractivity contribution in [2.45, 2.75) is 59.3 Å². The van der Waals surface area contributed by atoms with Crippen LogP contribution in [0.1, 0.15) is 46.1 Å². The van der Waals surface area contributed by atoms with E-state index in [1.807, 2.05) is 45.9 Å². The molecule has 2 rings (SSSR count). The van der Waals surface area contributed by atoms with E-state index >= 15 is 0 Å². The molecular formula is C30H45FN2O5. The zero-order chi connectivity index (χ0) is 28.1. The largest absolute Gasteiger partial charge is 0.493 e. The number of nitrogens with two attached hydrogens (primary N) is 1. The van der Waals surface area contributed by atoms with Crippen molar-refractivity contribution in [1.29, 1.82) is 0 Å². The fourth-order valence-corrected chi connectivity index (χ4v) is 4.01. The summed E-state index contributed by atoms with van der Waals surface area (Å²) >= 11 is 0. The van der Waals surface area contributed by atoms with E-state index in [4.69, 9.17) is 19.9 Å². The monoisotopic (exact) mass is 532 g/mol. The molecule has 4 N–H and O–H groups in total. The Morgan fingerprint density at radius 1 is 1.08 bits per heavy atom. The van der Waals surface area contributed by atoms with Gasteiger partial charge in [-0.25, -0.2) is 4.39 Å². The van der Waals surface area contributed by atoms with Crippen LogP contribution in [0.2, 0.25) is 0 Å². The maximum Gasteiger partial charge on any atom is 0.223 e. The number of benzene rings is 2. The lowest BCUT2D eigenvalue weighted by Crippen LogP contribution is -2.44. The van der Waals surface area contributed by atoms with Crippen molar-refractivity contribution in [3.05, 3.63) is 53.8 Å². The molecule has 3 atom stereocenters. The number of nitrogens with one attached hydrogen (secondary N) is 1. The van der Waals surface area contributed by atoms with E-state index in [-0.39, 0.29) is 43.2 Å². The predicted molar refractivity (Wildman–Crippen MR) is 148 cm³/mol. The highest BCUT2D eigenvalue weighted by Gasteiger charge is 2.28. The molecule has 0 unspecified atom stereocenters. The van der Waals surface area contributed by atoms with Gasteiger partial charge in [0.05, 0.1) is 32.0 Å². The van der Waals surface area contributed by atoms with Gasteiger partial charge in [-0.3, -0.25) is 4.79 Å². The normalized spacial score (nSPS) is 13.9. The van der Waals surface area contributed by atoms with Gasteiger partial charge in [-0.2, -0.15) is 0 Å². The highest BCUT2D eigenvalue weighted by molar-refractivity contribution is 5.78. The molecule has 0 aliphatic heterocycles. The van der Waals surface area contributed by atoms with Gasteiger partial charge >= 0.3 is 0 Å². The number of halogens is 1. The van der Waals surface area contributed by atoms with Gasteiger partial charge in [0.15, 0.2) is 0 Å². The van der Waals surface area contributed by atoms with Gasteiger partial charge in [0, 0.05) is 38.2 Å². The van der Waals surface area contributed by atoms with Gasteiger partial charge < -0.3 is 30.4 Å². The second-order valence-corrected chi connectivity index (χ2v) is 10.5. The summed E-state index contributed by atoms with van der Waals surface area (Å²) < 4.78 is 30.4. The Kier molecular flexibility index (Phi) is 13.7. The molecule has 0 saturated heterocycles. The summed E-state index contributed by atoms with van der Waals surface area (Å²) in [5, 5.41) is 13.6. The van der Waals surface area contributed by atoms with E-state index in [9.17, 15) is 14.3 Å².